The molecule has 1 saturated carbocycles. The van der Waals surface area contributed by atoms with Crippen LogP contribution in [0.3, 0.4) is 0 Å². The molecule has 1 saturated heterocycles. The van der Waals surface area contributed by atoms with Crippen molar-refractivity contribution in [1.29, 1.82) is 0 Å². The maximum absolute atomic E-state index is 12.3. The number of nitrogens with zero attached hydrogens (tertiary/aromatic N) is 1. The second kappa shape index (κ2) is 6.44. The molecule has 4 nitrogen and oxygen atoms in total. The molecular formula is C16H30N2O2. The summed E-state index contributed by atoms with van der Waals surface area (Å²) in [7, 11) is 0. The summed E-state index contributed by atoms with van der Waals surface area (Å²) in [4.78, 5) is 14.6. The summed E-state index contributed by atoms with van der Waals surface area (Å²) in [6.07, 6.45) is 3.66. The molecule has 4 heteroatoms. The Morgan fingerprint density at radius 2 is 2.10 bits per heavy atom. The lowest BCUT2D eigenvalue weighted by Crippen LogP contribution is -2.57. The van der Waals surface area contributed by atoms with Crippen LogP contribution in [0.4, 0.5) is 0 Å². The molecule has 116 valence electrons. The second-order valence-electron chi connectivity index (χ2n) is 7.23. The molecule has 0 radical (unpaired) electrons. The van der Waals surface area contributed by atoms with Gasteiger partial charge in [0.05, 0.1) is 19.8 Å². The Bertz CT molecular complexity index is 343. The zero-order chi connectivity index (χ0) is 14.8. The van der Waals surface area contributed by atoms with Crippen LogP contribution in [0.15, 0.2) is 0 Å². The molecule has 1 aliphatic heterocycles. The van der Waals surface area contributed by atoms with E-state index < -0.39 is 0 Å². The zero-order valence-electron chi connectivity index (χ0n) is 13.4. The van der Waals surface area contributed by atoms with Gasteiger partial charge < -0.3 is 10.1 Å². The van der Waals surface area contributed by atoms with E-state index in [-0.39, 0.29) is 11.4 Å². The quantitative estimate of drug-likeness (QED) is 0.861. The summed E-state index contributed by atoms with van der Waals surface area (Å²) >= 11 is 0. The summed E-state index contributed by atoms with van der Waals surface area (Å²) in [5.74, 6) is 1.48. The second-order valence-corrected chi connectivity index (χ2v) is 7.23. The van der Waals surface area contributed by atoms with Crippen molar-refractivity contribution < 1.29 is 9.53 Å². The summed E-state index contributed by atoms with van der Waals surface area (Å²) in [5, 5.41) is 3.26. The van der Waals surface area contributed by atoms with Crippen molar-refractivity contribution in [2.45, 2.75) is 58.5 Å². The van der Waals surface area contributed by atoms with Crippen molar-refractivity contribution >= 4 is 5.91 Å². The van der Waals surface area contributed by atoms with Gasteiger partial charge in [-0.3, -0.25) is 9.69 Å². The van der Waals surface area contributed by atoms with E-state index in [0.29, 0.717) is 31.0 Å². The van der Waals surface area contributed by atoms with Crippen LogP contribution < -0.4 is 5.32 Å². The smallest absolute Gasteiger partial charge is 0.234 e. The van der Waals surface area contributed by atoms with Crippen molar-refractivity contribution in [3.63, 3.8) is 0 Å². The van der Waals surface area contributed by atoms with Gasteiger partial charge in [0.1, 0.15) is 0 Å². The molecule has 2 aliphatic rings. The molecule has 0 bridgehead atoms. The van der Waals surface area contributed by atoms with Crippen molar-refractivity contribution in [3.05, 3.63) is 0 Å². The van der Waals surface area contributed by atoms with E-state index >= 15 is 0 Å². The Balaban J connectivity index is 1.85. The van der Waals surface area contributed by atoms with Crippen LogP contribution in [0, 0.1) is 11.8 Å². The summed E-state index contributed by atoms with van der Waals surface area (Å²) in [6, 6.07) is 0.357. The number of hydrogen-bond donors (Lipinski definition) is 1. The van der Waals surface area contributed by atoms with E-state index in [1.54, 1.807) is 0 Å². The molecule has 1 amide bonds. The minimum absolute atomic E-state index is 0.0406. The molecule has 3 atom stereocenters. The molecule has 2 fully saturated rings. The standard InChI is InChI=1S/C16H30N2O2/c1-12-6-5-7-14(13(12)2)17-15(19)10-18-8-9-20-11-16(18,3)4/h12-14H,5-11H2,1-4H3,(H,17,19)/t12-,13-,14+/m1/s1. The van der Waals surface area contributed by atoms with Gasteiger partial charge in [-0.1, -0.05) is 26.7 Å². The zero-order valence-corrected chi connectivity index (χ0v) is 13.4. The van der Waals surface area contributed by atoms with E-state index in [0.717, 1.165) is 19.6 Å². The molecular weight excluding hydrogens is 252 g/mol. The third-order valence-corrected chi connectivity index (χ3v) is 5.20. The van der Waals surface area contributed by atoms with E-state index in [1.165, 1.54) is 12.8 Å². The molecule has 1 N–H and O–H groups in total. The third-order valence-electron chi connectivity index (χ3n) is 5.20. The lowest BCUT2D eigenvalue weighted by Gasteiger charge is -2.42. The number of morpholine rings is 1. The molecule has 20 heavy (non-hydrogen) atoms. The van der Waals surface area contributed by atoms with Gasteiger partial charge in [0, 0.05) is 18.1 Å². The Labute approximate surface area is 123 Å². The van der Waals surface area contributed by atoms with E-state index in [9.17, 15) is 4.79 Å². The topological polar surface area (TPSA) is 41.6 Å². The Kier molecular flexibility index (Phi) is 5.08. The van der Waals surface area contributed by atoms with Gasteiger partial charge in [0.15, 0.2) is 0 Å². The monoisotopic (exact) mass is 282 g/mol. The predicted octanol–water partition coefficient (Wildman–Crippen LogP) is 2.04. The van der Waals surface area contributed by atoms with Crippen LogP contribution in [0.1, 0.15) is 47.0 Å². The fraction of sp³-hybridized carbons (Fsp3) is 0.938. The molecule has 2 rings (SSSR count). The summed E-state index contributed by atoms with van der Waals surface area (Å²) < 4.78 is 5.50. The highest BCUT2D eigenvalue weighted by Crippen LogP contribution is 2.29. The van der Waals surface area contributed by atoms with E-state index in [1.807, 2.05) is 0 Å². The number of carbonyl (C=O) groups excluding carboxylic acids is 1. The van der Waals surface area contributed by atoms with Crippen molar-refractivity contribution in [3.8, 4) is 0 Å². The molecule has 0 aromatic rings. The van der Waals surface area contributed by atoms with Gasteiger partial charge in [-0.25, -0.2) is 0 Å². The van der Waals surface area contributed by atoms with Crippen molar-refractivity contribution in [2.24, 2.45) is 11.8 Å². The minimum atomic E-state index is -0.0406. The van der Waals surface area contributed by atoms with Crippen LogP contribution in [0.2, 0.25) is 0 Å². The Hall–Kier alpha value is -0.610. The molecule has 1 heterocycles. The first-order valence-corrected chi connectivity index (χ1v) is 8.02. The van der Waals surface area contributed by atoms with E-state index in [2.05, 4.69) is 37.9 Å². The van der Waals surface area contributed by atoms with Crippen LogP contribution >= 0.6 is 0 Å². The van der Waals surface area contributed by atoms with Gasteiger partial charge in [-0.05, 0) is 32.1 Å². The van der Waals surface area contributed by atoms with Crippen LogP contribution in [0.25, 0.3) is 0 Å². The highest BCUT2D eigenvalue weighted by atomic mass is 16.5. The molecule has 0 spiro atoms. The first-order chi connectivity index (χ1) is 9.40. The summed E-state index contributed by atoms with van der Waals surface area (Å²) in [5.41, 5.74) is -0.0406. The van der Waals surface area contributed by atoms with Gasteiger partial charge in [-0.15, -0.1) is 0 Å². The molecule has 0 unspecified atom stereocenters. The lowest BCUT2D eigenvalue weighted by atomic mass is 9.78. The normalized spacial score (nSPS) is 34.7. The SMILES string of the molecule is C[C@@H]1[C@H](C)CCC[C@@H]1NC(=O)CN1CCOCC1(C)C. The van der Waals surface area contributed by atoms with Crippen LogP contribution in [-0.2, 0) is 9.53 Å². The summed E-state index contributed by atoms with van der Waals surface area (Å²) in [6.45, 7) is 11.6. The number of ether oxygens (including phenoxy) is 1. The average Bonchev–Trinajstić information content (AvgIpc) is 2.37. The Morgan fingerprint density at radius 1 is 1.35 bits per heavy atom. The average molecular weight is 282 g/mol. The van der Waals surface area contributed by atoms with Crippen LogP contribution in [-0.4, -0.2) is 48.7 Å². The first kappa shape index (κ1) is 15.8. The largest absolute Gasteiger partial charge is 0.378 e. The number of hydrogen-bond acceptors (Lipinski definition) is 3. The molecule has 0 aromatic carbocycles. The first-order valence-electron chi connectivity index (χ1n) is 8.02. The number of nitrogens with one attached hydrogen (secondary N) is 1. The highest BCUT2D eigenvalue weighted by molar-refractivity contribution is 5.78. The fourth-order valence-electron chi connectivity index (χ4n) is 3.40. The highest BCUT2D eigenvalue weighted by Gasteiger charge is 2.33. The minimum Gasteiger partial charge on any atom is -0.378 e. The van der Waals surface area contributed by atoms with Gasteiger partial charge in [0.25, 0.3) is 0 Å². The number of carbonyl (C=O) groups is 1. The lowest BCUT2D eigenvalue weighted by molar-refractivity contribution is -0.128. The maximum Gasteiger partial charge on any atom is 0.234 e. The van der Waals surface area contributed by atoms with Crippen molar-refractivity contribution in [1.82, 2.24) is 10.2 Å². The van der Waals surface area contributed by atoms with Gasteiger partial charge in [0.2, 0.25) is 5.91 Å². The predicted molar refractivity (Wildman–Crippen MR) is 80.6 cm³/mol. The number of amides is 1. The van der Waals surface area contributed by atoms with Crippen LogP contribution in [0.5, 0.6) is 0 Å². The fourth-order valence-corrected chi connectivity index (χ4v) is 3.40. The van der Waals surface area contributed by atoms with E-state index in [4.69, 9.17) is 4.74 Å². The third kappa shape index (κ3) is 3.73. The molecule has 0 aromatic heterocycles. The van der Waals surface area contributed by atoms with Crippen molar-refractivity contribution in [2.75, 3.05) is 26.3 Å². The Morgan fingerprint density at radius 3 is 2.80 bits per heavy atom. The maximum atomic E-state index is 12.3. The molecule has 1 aliphatic carbocycles. The number of rotatable bonds is 3. The van der Waals surface area contributed by atoms with Gasteiger partial charge in [-0.2, -0.15) is 0 Å². The van der Waals surface area contributed by atoms with Gasteiger partial charge >= 0.3 is 0 Å².